The molecule has 0 atom stereocenters. The molecule has 17 heavy (non-hydrogen) atoms. The number of hydrogen-bond acceptors (Lipinski definition) is 3. The highest BCUT2D eigenvalue weighted by Crippen LogP contribution is 2.15. The van der Waals surface area contributed by atoms with Crippen molar-refractivity contribution in [2.24, 2.45) is 10.7 Å². The summed E-state index contributed by atoms with van der Waals surface area (Å²) in [5.74, 6) is 0.461. The lowest BCUT2D eigenvalue weighted by Crippen LogP contribution is -2.36. The Kier molecular flexibility index (Phi) is 4.74. The van der Waals surface area contributed by atoms with Crippen LogP contribution in [0.25, 0.3) is 0 Å². The molecule has 0 unspecified atom stereocenters. The first-order valence-corrected chi connectivity index (χ1v) is 5.15. The van der Waals surface area contributed by atoms with Gasteiger partial charge in [-0.3, -0.25) is 0 Å². The van der Waals surface area contributed by atoms with Crippen LogP contribution in [0.1, 0.15) is 31.8 Å². The number of guanidine groups is 1. The van der Waals surface area contributed by atoms with E-state index < -0.39 is 6.43 Å². The number of hydrogen-bond donors (Lipinski definition) is 2. The van der Waals surface area contributed by atoms with Crippen molar-refractivity contribution in [3.63, 3.8) is 0 Å². The molecule has 0 aromatic carbocycles. The molecule has 7 heteroatoms. The molecule has 5 nitrogen and oxygen atoms in total. The Hall–Kier alpha value is -1.79. The molecule has 1 aromatic rings. The molecule has 0 radical (unpaired) electrons. The van der Waals surface area contributed by atoms with Crippen LogP contribution in [0.2, 0.25) is 0 Å². The molecule has 0 bridgehead atoms. The number of nitrogens with one attached hydrogen (secondary N) is 1. The number of halogens is 2. The van der Waals surface area contributed by atoms with Crippen molar-refractivity contribution in [1.82, 2.24) is 15.3 Å². The summed E-state index contributed by atoms with van der Waals surface area (Å²) < 4.78 is 24.7. The van der Waals surface area contributed by atoms with Gasteiger partial charge in [0.05, 0.1) is 0 Å². The molecule has 94 valence electrons. The number of alkyl halides is 2. The standard InChI is InChI=1S/C10H15F2N5/c1-6(2)16-10(13)15-5-8-14-4-3-7(17-8)9(11)12/h3-4,6,9H,5H2,1-2H3,(H3,13,15,16). The van der Waals surface area contributed by atoms with Crippen LogP contribution in [0.4, 0.5) is 8.78 Å². The molecular weight excluding hydrogens is 228 g/mol. The van der Waals surface area contributed by atoms with E-state index in [1.165, 1.54) is 12.3 Å². The molecule has 3 N–H and O–H groups in total. The van der Waals surface area contributed by atoms with Crippen molar-refractivity contribution in [2.45, 2.75) is 32.9 Å². The second kappa shape index (κ2) is 6.07. The normalized spacial score (nSPS) is 12.2. The second-order valence-electron chi connectivity index (χ2n) is 3.70. The highest BCUT2D eigenvalue weighted by molar-refractivity contribution is 5.77. The molecule has 1 aromatic heterocycles. The van der Waals surface area contributed by atoms with Gasteiger partial charge in [0.15, 0.2) is 5.96 Å². The minimum atomic E-state index is -2.60. The van der Waals surface area contributed by atoms with E-state index in [0.717, 1.165) is 0 Å². The maximum atomic E-state index is 12.4. The van der Waals surface area contributed by atoms with Crippen molar-refractivity contribution in [2.75, 3.05) is 0 Å². The summed E-state index contributed by atoms with van der Waals surface area (Å²) in [6.07, 6.45) is -1.32. The van der Waals surface area contributed by atoms with Crippen molar-refractivity contribution in [3.8, 4) is 0 Å². The Morgan fingerprint density at radius 3 is 2.82 bits per heavy atom. The Labute approximate surface area is 98.2 Å². The minimum Gasteiger partial charge on any atom is -0.370 e. The maximum absolute atomic E-state index is 12.4. The summed E-state index contributed by atoms with van der Waals surface area (Å²) in [6, 6.07) is 1.33. The lowest BCUT2D eigenvalue weighted by atomic mass is 10.4. The van der Waals surface area contributed by atoms with Crippen molar-refractivity contribution >= 4 is 5.96 Å². The number of nitrogens with zero attached hydrogens (tertiary/aromatic N) is 3. The highest BCUT2D eigenvalue weighted by atomic mass is 19.3. The fourth-order valence-corrected chi connectivity index (χ4v) is 1.11. The fourth-order valence-electron chi connectivity index (χ4n) is 1.11. The molecule has 0 amide bonds. The van der Waals surface area contributed by atoms with E-state index in [1.807, 2.05) is 13.8 Å². The van der Waals surface area contributed by atoms with Gasteiger partial charge in [-0.1, -0.05) is 0 Å². The van der Waals surface area contributed by atoms with E-state index in [-0.39, 0.29) is 30.1 Å². The van der Waals surface area contributed by atoms with Gasteiger partial charge in [-0.2, -0.15) is 0 Å². The fraction of sp³-hybridized carbons (Fsp3) is 0.500. The summed E-state index contributed by atoms with van der Waals surface area (Å²) in [6.45, 7) is 3.90. The number of rotatable bonds is 4. The van der Waals surface area contributed by atoms with Crippen molar-refractivity contribution < 1.29 is 8.78 Å². The Morgan fingerprint density at radius 1 is 1.53 bits per heavy atom. The van der Waals surface area contributed by atoms with E-state index in [2.05, 4.69) is 20.3 Å². The van der Waals surface area contributed by atoms with Crippen molar-refractivity contribution in [3.05, 3.63) is 23.8 Å². The molecule has 0 fully saturated rings. The predicted octanol–water partition coefficient (Wildman–Crippen LogP) is 1.23. The summed E-state index contributed by atoms with van der Waals surface area (Å²) in [5, 5.41) is 2.87. The molecule has 0 aliphatic rings. The summed E-state index contributed by atoms with van der Waals surface area (Å²) in [4.78, 5) is 11.5. The molecule has 0 aliphatic heterocycles. The number of aliphatic imine (C=N–C) groups is 1. The summed E-state index contributed by atoms with van der Waals surface area (Å²) in [5.41, 5.74) is 5.25. The first-order chi connectivity index (χ1) is 7.99. The number of nitrogens with two attached hydrogens (primary N) is 1. The van der Waals surface area contributed by atoms with Gasteiger partial charge in [0.2, 0.25) is 0 Å². The molecule has 0 saturated carbocycles. The molecule has 1 rings (SSSR count). The average Bonchev–Trinajstić information content (AvgIpc) is 2.26. The zero-order chi connectivity index (χ0) is 12.8. The highest BCUT2D eigenvalue weighted by Gasteiger charge is 2.09. The van der Waals surface area contributed by atoms with Crippen LogP contribution in [0.3, 0.4) is 0 Å². The monoisotopic (exact) mass is 243 g/mol. The topological polar surface area (TPSA) is 76.2 Å². The third-order valence-corrected chi connectivity index (χ3v) is 1.78. The number of aromatic nitrogens is 2. The van der Waals surface area contributed by atoms with E-state index in [9.17, 15) is 8.78 Å². The van der Waals surface area contributed by atoms with Crippen LogP contribution in [0.15, 0.2) is 17.3 Å². The van der Waals surface area contributed by atoms with Gasteiger partial charge < -0.3 is 11.1 Å². The average molecular weight is 243 g/mol. The van der Waals surface area contributed by atoms with E-state index >= 15 is 0 Å². The zero-order valence-electron chi connectivity index (χ0n) is 9.69. The molecule has 0 aliphatic carbocycles. The Bertz CT molecular complexity index is 392. The molecule has 1 heterocycles. The van der Waals surface area contributed by atoms with Gasteiger partial charge in [0.1, 0.15) is 18.1 Å². The summed E-state index contributed by atoms with van der Waals surface area (Å²) >= 11 is 0. The SMILES string of the molecule is CC(C)NC(N)=NCc1nccc(C(F)F)n1. The second-order valence-corrected chi connectivity index (χ2v) is 3.70. The maximum Gasteiger partial charge on any atom is 0.280 e. The van der Waals surface area contributed by atoms with E-state index in [0.29, 0.717) is 0 Å². The first kappa shape index (κ1) is 13.3. The molecular formula is C10H15F2N5. The van der Waals surface area contributed by atoms with Gasteiger partial charge >= 0.3 is 0 Å². The van der Waals surface area contributed by atoms with Gasteiger partial charge in [-0.05, 0) is 19.9 Å². The summed E-state index contributed by atoms with van der Waals surface area (Å²) in [7, 11) is 0. The Morgan fingerprint density at radius 2 is 2.24 bits per heavy atom. The van der Waals surface area contributed by atoms with Gasteiger partial charge in [0.25, 0.3) is 6.43 Å². The van der Waals surface area contributed by atoms with Crippen LogP contribution in [0, 0.1) is 0 Å². The third kappa shape index (κ3) is 4.71. The zero-order valence-corrected chi connectivity index (χ0v) is 9.69. The lowest BCUT2D eigenvalue weighted by Gasteiger charge is -2.08. The smallest absolute Gasteiger partial charge is 0.280 e. The van der Waals surface area contributed by atoms with Crippen LogP contribution in [-0.4, -0.2) is 22.0 Å². The van der Waals surface area contributed by atoms with Crippen LogP contribution >= 0.6 is 0 Å². The van der Waals surface area contributed by atoms with Crippen LogP contribution < -0.4 is 11.1 Å². The Balaban J connectivity index is 2.66. The van der Waals surface area contributed by atoms with Gasteiger partial charge in [-0.15, -0.1) is 0 Å². The van der Waals surface area contributed by atoms with Gasteiger partial charge in [-0.25, -0.2) is 23.7 Å². The van der Waals surface area contributed by atoms with Gasteiger partial charge in [0, 0.05) is 12.2 Å². The first-order valence-electron chi connectivity index (χ1n) is 5.15. The minimum absolute atomic E-state index is 0.0755. The van der Waals surface area contributed by atoms with Crippen LogP contribution in [0.5, 0.6) is 0 Å². The largest absolute Gasteiger partial charge is 0.370 e. The van der Waals surface area contributed by atoms with E-state index in [4.69, 9.17) is 5.73 Å². The van der Waals surface area contributed by atoms with Crippen molar-refractivity contribution in [1.29, 1.82) is 0 Å². The quantitative estimate of drug-likeness (QED) is 0.616. The van der Waals surface area contributed by atoms with Crippen LogP contribution in [-0.2, 0) is 6.54 Å². The predicted molar refractivity (Wildman–Crippen MR) is 60.6 cm³/mol. The molecule has 0 spiro atoms. The van der Waals surface area contributed by atoms with E-state index in [1.54, 1.807) is 0 Å². The molecule has 0 saturated heterocycles. The lowest BCUT2D eigenvalue weighted by molar-refractivity contribution is 0.145. The third-order valence-electron chi connectivity index (χ3n) is 1.78.